The highest BCUT2D eigenvalue weighted by Gasteiger charge is 2.32. The molecule has 5 nitrogen and oxygen atoms in total. The normalized spacial score (nSPS) is 22.0. The number of aromatic nitrogens is 2. The van der Waals surface area contributed by atoms with Gasteiger partial charge in [-0.15, -0.1) is 0 Å². The first-order chi connectivity index (χ1) is 10.0. The lowest BCUT2D eigenvalue weighted by Gasteiger charge is -2.21. The Kier molecular flexibility index (Phi) is 5.32. The maximum absolute atomic E-state index is 12.3. The predicted molar refractivity (Wildman–Crippen MR) is 85.8 cm³/mol. The number of nitrogens with one attached hydrogen (secondary N) is 1. The monoisotopic (exact) mass is 311 g/mol. The molecule has 1 saturated heterocycles. The largest absolute Gasteiger partial charge is 0.387 e. The quantitative estimate of drug-likeness (QED) is 0.845. The van der Waals surface area contributed by atoms with Crippen LogP contribution in [-0.4, -0.2) is 44.4 Å². The highest BCUT2D eigenvalue weighted by atomic mass is 32.2. The number of aliphatic hydroxyl groups is 1. The van der Waals surface area contributed by atoms with Crippen LogP contribution in [0.15, 0.2) is 6.20 Å². The smallest absolute Gasteiger partial charge is 0.254 e. The SMILES string of the molecule is CCC(CC)n1ncc(C(=O)NCC2(O)CCSC2)c1C. The van der Waals surface area contributed by atoms with Crippen LogP contribution in [0.4, 0.5) is 0 Å². The molecule has 0 radical (unpaired) electrons. The van der Waals surface area contributed by atoms with Gasteiger partial charge >= 0.3 is 0 Å². The molecule has 1 fully saturated rings. The van der Waals surface area contributed by atoms with Gasteiger partial charge in [0, 0.05) is 18.0 Å². The van der Waals surface area contributed by atoms with Crippen molar-refractivity contribution in [1.82, 2.24) is 15.1 Å². The first-order valence-electron chi connectivity index (χ1n) is 7.63. The van der Waals surface area contributed by atoms with Gasteiger partial charge in [-0.25, -0.2) is 0 Å². The Bertz CT molecular complexity index is 491. The third kappa shape index (κ3) is 3.61. The molecule has 1 atom stereocenters. The highest BCUT2D eigenvalue weighted by molar-refractivity contribution is 7.99. The second-order valence-corrected chi connectivity index (χ2v) is 6.87. The van der Waals surface area contributed by atoms with E-state index in [1.807, 2.05) is 11.6 Å². The van der Waals surface area contributed by atoms with Crippen molar-refractivity contribution in [1.29, 1.82) is 0 Å². The number of hydrogen-bond acceptors (Lipinski definition) is 4. The van der Waals surface area contributed by atoms with Gasteiger partial charge in [0.1, 0.15) is 0 Å². The van der Waals surface area contributed by atoms with E-state index in [1.54, 1.807) is 18.0 Å². The van der Waals surface area contributed by atoms with Gasteiger partial charge in [0.25, 0.3) is 5.91 Å². The van der Waals surface area contributed by atoms with Crippen LogP contribution in [0.5, 0.6) is 0 Å². The molecular weight excluding hydrogens is 286 g/mol. The fraction of sp³-hybridized carbons (Fsp3) is 0.733. The fourth-order valence-corrected chi connectivity index (χ4v) is 4.02. The molecule has 6 heteroatoms. The molecule has 0 bridgehead atoms. The number of rotatable bonds is 6. The van der Waals surface area contributed by atoms with E-state index in [2.05, 4.69) is 24.3 Å². The number of hydrogen-bond donors (Lipinski definition) is 2. The van der Waals surface area contributed by atoms with Gasteiger partial charge in [-0.3, -0.25) is 9.48 Å². The standard InChI is InChI=1S/C15H25N3O2S/c1-4-12(5-2)18-11(3)13(8-17-18)14(19)16-9-15(20)6-7-21-10-15/h8,12,20H,4-7,9-10H2,1-3H3,(H,16,19). The third-order valence-electron chi connectivity index (χ3n) is 4.24. The van der Waals surface area contributed by atoms with Gasteiger partial charge in [-0.1, -0.05) is 13.8 Å². The summed E-state index contributed by atoms with van der Waals surface area (Å²) in [6, 6.07) is 0.335. The van der Waals surface area contributed by atoms with Gasteiger partial charge < -0.3 is 10.4 Å². The van der Waals surface area contributed by atoms with Crippen molar-refractivity contribution in [3.63, 3.8) is 0 Å². The summed E-state index contributed by atoms with van der Waals surface area (Å²) >= 11 is 1.73. The van der Waals surface area contributed by atoms with Crippen LogP contribution in [-0.2, 0) is 0 Å². The van der Waals surface area contributed by atoms with Crippen molar-refractivity contribution in [2.75, 3.05) is 18.1 Å². The van der Waals surface area contributed by atoms with E-state index in [0.29, 0.717) is 23.9 Å². The molecule has 1 aromatic heterocycles. The maximum Gasteiger partial charge on any atom is 0.254 e. The molecular formula is C15H25N3O2S. The summed E-state index contributed by atoms with van der Waals surface area (Å²) in [5.74, 6) is 1.51. The molecule has 1 unspecified atom stereocenters. The Morgan fingerprint density at radius 2 is 2.29 bits per heavy atom. The molecule has 0 spiro atoms. The molecule has 2 N–H and O–H groups in total. The van der Waals surface area contributed by atoms with E-state index in [1.165, 1.54) is 0 Å². The Morgan fingerprint density at radius 1 is 1.57 bits per heavy atom. The summed E-state index contributed by atoms with van der Waals surface area (Å²) in [5.41, 5.74) is 0.754. The Hall–Kier alpha value is -1.01. The van der Waals surface area contributed by atoms with E-state index < -0.39 is 5.60 Å². The van der Waals surface area contributed by atoms with Gasteiger partial charge in [-0.2, -0.15) is 16.9 Å². The van der Waals surface area contributed by atoms with Gasteiger partial charge in [0.15, 0.2) is 0 Å². The topological polar surface area (TPSA) is 67.2 Å². The van der Waals surface area contributed by atoms with E-state index in [4.69, 9.17) is 0 Å². The van der Waals surface area contributed by atoms with E-state index >= 15 is 0 Å². The fourth-order valence-electron chi connectivity index (χ4n) is 2.72. The van der Waals surface area contributed by atoms with Crippen molar-refractivity contribution < 1.29 is 9.90 Å². The minimum absolute atomic E-state index is 0.143. The summed E-state index contributed by atoms with van der Waals surface area (Å²) in [6.45, 7) is 6.50. The van der Waals surface area contributed by atoms with Crippen molar-refractivity contribution in [3.05, 3.63) is 17.5 Å². The van der Waals surface area contributed by atoms with Crippen LogP contribution in [0.1, 0.15) is 55.2 Å². The number of amides is 1. The van der Waals surface area contributed by atoms with Crippen molar-refractivity contribution in [3.8, 4) is 0 Å². The second kappa shape index (κ2) is 6.83. The predicted octanol–water partition coefficient (Wildman–Crippen LogP) is 2.15. The zero-order valence-electron chi connectivity index (χ0n) is 13.1. The Balaban J connectivity index is 2.03. The molecule has 0 saturated carbocycles. The van der Waals surface area contributed by atoms with E-state index in [-0.39, 0.29) is 5.91 Å². The second-order valence-electron chi connectivity index (χ2n) is 5.77. The van der Waals surface area contributed by atoms with Crippen molar-refractivity contribution >= 4 is 17.7 Å². The number of thioether (sulfide) groups is 1. The van der Waals surface area contributed by atoms with Crippen LogP contribution < -0.4 is 5.32 Å². The molecule has 1 aromatic rings. The third-order valence-corrected chi connectivity index (χ3v) is 5.47. The number of nitrogens with zero attached hydrogens (tertiary/aromatic N) is 2. The van der Waals surface area contributed by atoms with Crippen molar-refractivity contribution in [2.45, 2.75) is 51.7 Å². The summed E-state index contributed by atoms with van der Waals surface area (Å²) in [7, 11) is 0. The van der Waals surface area contributed by atoms with Crippen LogP contribution in [0, 0.1) is 6.92 Å². The average Bonchev–Trinajstić information content (AvgIpc) is 3.06. The number of carbonyl (C=O) groups excluding carboxylic acids is 1. The Morgan fingerprint density at radius 3 is 2.86 bits per heavy atom. The Labute approximate surface area is 130 Å². The lowest BCUT2D eigenvalue weighted by atomic mass is 10.0. The van der Waals surface area contributed by atoms with Crippen LogP contribution >= 0.6 is 11.8 Å². The zero-order valence-corrected chi connectivity index (χ0v) is 13.9. The van der Waals surface area contributed by atoms with E-state index in [0.717, 1.165) is 30.7 Å². The average molecular weight is 311 g/mol. The van der Waals surface area contributed by atoms with Crippen molar-refractivity contribution in [2.24, 2.45) is 0 Å². The number of carbonyl (C=O) groups is 1. The molecule has 1 amide bonds. The van der Waals surface area contributed by atoms with Gasteiger partial charge in [0.2, 0.25) is 0 Å². The molecule has 2 rings (SSSR count). The maximum atomic E-state index is 12.3. The first kappa shape index (κ1) is 16.4. The summed E-state index contributed by atoms with van der Waals surface area (Å²) in [6.07, 6.45) is 4.37. The molecule has 0 aliphatic carbocycles. The summed E-state index contributed by atoms with van der Waals surface area (Å²) in [4.78, 5) is 12.3. The molecule has 1 aliphatic rings. The highest BCUT2D eigenvalue weighted by Crippen LogP contribution is 2.27. The van der Waals surface area contributed by atoms with E-state index in [9.17, 15) is 9.90 Å². The minimum Gasteiger partial charge on any atom is -0.387 e. The lowest BCUT2D eigenvalue weighted by Crippen LogP contribution is -2.43. The van der Waals surface area contributed by atoms with Crippen LogP contribution in [0.25, 0.3) is 0 Å². The minimum atomic E-state index is -0.750. The summed E-state index contributed by atoms with van der Waals surface area (Å²) in [5, 5.41) is 17.5. The zero-order chi connectivity index (χ0) is 15.5. The molecule has 118 valence electrons. The molecule has 0 aromatic carbocycles. The van der Waals surface area contributed by atoms with Crippen LogP contribution in [0.2, 0.25) is 0 Å². The lowest BCUT2D eigenvalue weighted by molar-refractivity contribution is 0.0612. The first-order valence-corrected chi connectivity index (χ1v) is 8.78. The summed E-state index contributed by atoms with van der Waals surface area (Å²) < 4.78 is 1.94. The molecule has 2 heterocycles. The van der Waals surface area contributed by atoms with Gasteiger partial charge in [0.05, 0.1) is 23.4 Å². The molecule has 1 aliphatic heterocycles. The molecule has 21 heavy (non-hydrogen) atoms. The van der Waals surface area contributed by atoms with Crippen LogP contribution in [0.3, 0.4) is 0 Å². The van der Waals surface area contributed by atoms with Gasteiger partial charge in [-0.05, 0) is 31.9 Å².